The van der Waals surface area contributed by atoms with Gasteiger partial charge >= 0.3 is 0 Å². The number of amides is 2. The number of aromatic nitrogens is 1. The minimum atomic E-state index is -0.432. The number of fused-ring (bicyclic) bond motifs is 8. The molecule has 1 aromatic heterocycles. The van der Waals surface area contributed by atoms with Crippen LogP contribution in [-0.2, 0) is 9.59 Å². The van der Waals surface area contributed by atoms with E-state index in [1.807, 2.05) is 30.3 Å². The first-order chi connectivity index (χ1) is 17.2. The minimum absolute atomic E-state index is 0.0284. The van der Waals surface area contributed by atoms with Crippen LogP contribution in [0, 0.1) is 11.8 Å². The normalized spacial score (nSPS) is 27.2. The topological polar surface area (TPSA) is 62.4 Å². The number of hydrogen-bond donors (Lipinski definition) is 1. The van der Waals surface area contributed by atoms with Gasteiger partial charge in [0.15, 0.2) is 0 Å². The molecule has 5 nitrogen and oxygen atoms in total. The van der Waals surface area contributed by atoms with Gasteiger partial charge in [0.2, 0.25) is 11.8 Å². The lowest BCUT2D eigenvalue weighted by Crippen LogP contribution is -2.36. The van der Waals surface area contributed by atoms with Crippen LogP contribution < -0.4 is 9.64 Å². The van der Waals surface area contributed by atoms with E-state index >= 15 is 0 Å². The number of nitrogens with zero attached hydrogens (tertiary/aromatic N) is 1. The number of para-hydroxylation sites is 1. The molecule has 4 atom stereocenters. The van der Waals surface area contributed by atoms with Crippen molar-refractivity contribution in [1.82, 2.24) is 4.98 Å². The molecule has 2 aromatic carbocycles. The van der Waals surface area contributed by atoms with E-state index < -0.39 is 5.92 Å². The second-order valence-corrected chi connectivity index (χ2v) is 10.5. The van der Waals surface area contributed by atoms with Crippen molar-refractivity contribution in [3.05, 3.63) is 59.8 Å². The molecule has 2 amide bonds. The Bertz CT molecular complexity index is 1240. The van der Waals surface area contributed by atoms with Crippen LogP contribution in [0.3, 0.4) is 0 Å². The Morgan fingerprint density at radius 2 is 1.51 bits per heavy atom. The molecule has 5 heteroatoms. The summed E-state index contributed by atoms with van der Waals surface area (Å²) in [6, 6.07) is 15.7. The zero-order valence-electron chi connectivity index (χ0n) is 20.5. The molecule has 35 heavy (non-hydrogen) atoms. The fraction of sp³-hybridized carbons (Fsp3) is 0.467. The van der Waals surface area contributed by atoms with Gasteiger partial charge in [-0.25, -0.2) is 4.90 Å². The molecule has 1 saturated heterocycles. The Morgan fingerprint density at radius 1 is 0.829 bits per heavy atom. The lowest BCUT2D eigenvalue weighted by Gasteiger charge is -2.38. The monoisotopic (exact) mass is 470 g/mol. The number of imide groups is 1. The van der Waals surface area contributed by atoms with Gasteiger partial charge in [-0.1, -0.05) is 63.1 Å². The van der Waals surface area contributed by atoms with Crippen LogP contribution in [-0.4, -0.2) is 23.9 Å². The van der Waals surface area contributed by atoms with Crippen molar-refractivity contribution in [2.45, 2.75) is 69.6 Å². The third kappa shape index (κ3) is 3.67. The number of aromatic amines is 1. The molecule has 1 aliphatic heterocycles. The van der Waals surface area contributed by atoms with Crippen LogP contribution in [0.25, 0.3) is 10.9 Å². The highest BCUT2D eigenvalue weighted by molar-refractivity contribution is 6.24. The van der Waals surface area contributed by atoms with Gasteiger partial charge in [0, 0.05) is 16.6 Å². The summed E-state index contributed by atoms with van der Waals surface area (Å²) in [5.41, 5.74) is 4.01. The Kier molecular flexibility index (Phi) is 5.87. The smallest absolute Gasteiger partial charge is 0.243 e. The summed E-state index contributed by atoms with van der Waals surface area (Å²) in [4.78, 5) is 33.1. The second-order valence-electron chi connectivity index (χ2n) is 10.5. The lowest BCUT2D eigenvalue weighted by atomic mass is 9.63. The molecule has 3 aliphatic rings. The first-order valence-electron chi connectivity index (χ1n) is 13.3. The van der Waals surface area contributed by atoms with Crippen LogP contribution >= 0.6 is 0 Å². The number of carbonyl (C=O) groups is 2. The van der Waals surface area contributed by atoms with Gasteiger partial charge in [-0.2, -0.15) is 0 Å². The van der Waals surface area contributed by atoms with Crippen molar-refractivity contribution in [2.75, 3.05) is 12.0 Å². The summed E-state index contributed by atoms with van der Waals surface area (Å²) in [5.74, 6) is 0.378. The maximum atomic E-state index is 14.1. The average Bonchev–Trinajstić information content (AvgIpc) is 3.36. The number of rotatable bonds is 2. The van der Waals surface area contributed by atoms with E-state index in [0.29, 0.717) is 17.4 Å². The van der Waals surface area contributed by atoms with Crippen molar-refractivity contribution in [3.8, 4) is 5.75 Å². The first kappa shape index (κ1) is 22.4. The third-order valence-electron chi connectivity index (χ3n) is 8.67. The van der Waals surface area contributed by atoms with E-state index in [4.69, 9.17) is 4.74 Å². The van der Waals surface area contributed by atoms with Gasteiger partial charge in [0.25, 0.3) is 0 Å². The highest BCUT2D eigenvalue weighted by Crippen LogP contribution is 2.56. The molecular weight excluding hydrogens is 436 g/mol. The van der Waals surface area contributed by atoms with Crippen LogP contribution in [0.2, 0.25) is 0 Å². The molecule has 0 bridgehead atoms. The maximum Gasteiger partial charge on any atom is 0.243 e. The molecule has 2 fully saturated rings. The summed E-state index contributed by atoms with van der Waals surface area (Å²) >= 11 is 0. The van der Waals surface area contributed by atoms with Gasteiger partial charge in [-0.15, -0.1) is 0 Å². The number of H-pyrrole nitrogens is 1. The fourth-order valence-corrected chi connectivity index (χ4v) is 7.07. The Hall–Kier alpha value is -3.08. The van der Waals surface area contributed by atoms with E-state index in [1.165, 1.54) is 54.4 Å². The predicted molar refractivity (Wildman–Crippen MR) is 138 cm³/mol. The first-order valence-corrected chi connectivity index (χ1v) is 13.3. The van der Waals surface area contributed by atoms with Crippen LogP contribution in [0.15, 0.2) is 48.5 Å². The van der Waals surface area contributed by atoms with Gasteiger partial charge in [-0.05, 0) is 60.6 Å². The number of ether oxygens (including phenoxy) is 1. The summed E-state index contributed by atoms with van der Waals surface area (Å²) in [5, 5.41) is 1.23. The van der Waals surface area contributed by atoms with Crippen LogP contribution in [0.5, 0.6) is 5.75 Å². The number of hydrogen-bond acceptors (Lipinski definition) is 3. The molecule has 0 unspecified atom stereocenters. The molecule has 3 aromatic rings. The average molecular weight is 471 g/mol. The van der Waals surface area contributed by atoms with Crippen LogP contribution in [0.1, 0.15) is 80.9 Å². The molecule has 1 saturated carbocycles. The highest BCUT2D eigenvalue weighted by Gasteiger charge is 2.57. The molecule has 6 rings (SSSR count). The van der Waals surface area contributed by atoms with Crippen LogP contribution in [0.4, 0.5) is 5.69 Å². The fourth-order valence-electron chi connectivity index (χ4n) is 7.07. The van der Waals surface area contributed by atoms with E-state index in [9.17, 15) is 9.59 Å². The van der Waals surface area contributed by atoms with Gasteiger partial charge in [0.1, 0.15) is 5.75 Å². The number of benzene rings is 2. The summed E-state index contributed by atoms with van der Waals surface area (Å²) in [6.07, 6.45) is 10.8. The van der Waals surface area contributed by atoms with E-state index in [2.05, 4.69) is 23.2 Å². The zero-order valence-corrected chi connectivity index (χ0v) is 20.5. The molecule has 0 radical (unpaired) electrons. The van der Waals surface area contributed by atoms with E-state index in [-0.39, 0.29) is 23.7 Å². The highest BCUT2D eigenvalue weighted by atomic mass is 16.5. The Balaban J connectivity index is 1.49. The minimum Gasteiger partial charge on any atom is -0.497 e. The van der Waals surface area contributed by atoms with E-state index in [1.54, 1.807) is 7.11 Å². The van der Waals surface area contributed by atoms with Crippen molar-refractivity contribution in [3.63, 3.8) is 0 Å². The number of methoxy groups -OCH3 is 1. The zero-order chi connectivity index (χ0) is 23.9. The van der Waals surface area contributed by atoms with Crippen molar-refractivity contribution >= 4 is 28.4 Å². The molecular formula is C30H34N2O3. The van der Waals surface area contributed by atoms with Crippen molar-refractivity contribution < 1.29 is 14.3 Å². The maximum absolute atomic E-state index is 14.1. The van der Waals surface area contributed by atoms with E-state index in [0.717, 1.165) is 30.5 Å². The van der Waals surface area contributed by atoms with Crippen molar-refractivity contribution in [2.24, 2.45) is 11.8 Å². The molecule has 2 aliphatic carbocycles. The number of nitrogens with one attached hydrogen (secondary N) is 1. The quantitative estimate of drug-likeness (QED) is 0.425. The standard InChI is InChI=1S/C30H34N2O3/c1-35-20-17-15-19(16-18-20)32-29(33)26-22-12-8-6-4-2-3-5-7-11-21(22)25-23-13-9-10-14-24(23)31-28(25)27(26)30(32)34/h9-10,13-18,21-22,26-27,31H,2-8,11-12H2,1H3/t21-,22+,26+,27-/m1/s1. The van der Waals surface area contributed by atoms with Crippen molar-refractivity contribution in [1.29, 1.82) is 0 Å². The third-order valence-corrected chi connectivity index (χ3v) is 8.67. The summed E-state index contributed by atoms with van der Waals surface area (Å²) < 4.78 is 5.30. The SMILES string of the molecule is COc1ccc(N2C(=O)[C@H]3[C@H]4CCCCCCCCC[C@H]4c4c([nH]c5ccccc45)[C@@H]3C2=O)cc1. The lowest BCUT2D eigenvalue weighted by molar-refractivity contribution is -0.123. The number of anilines is 1. The largest absolute Gasteiger partial charge is 0.497 e. The molecule has 1 N–H and O–H groups in total. The predicted octanol–water partition coefficient (Wildman–Crippen LogP) is 6.69. The Labute approximate surface area is 206 Å². The number of carbonyl (C=O) groups excluding carboxylic acids is 2. The molecule has 182 valence electrons. The molecule has 0 spiro atoms. The van der Waals surface area contributed by atoms with Gasteiger partial charge in [-0.3, -0.25) is 9.59 Å². The van der Waals surface area contributed by atoms with Gasteiger partial charge < -0.3 is 9.72 Å². The Morgan fingerprint density at radius 3 is 2.26 bits per heavy atom. The molecule has 2 heterocycles. The second kappa shape index (κ2) is 9.18. The summed E-state index contributed by atoms with van der Waals surface area (Å²) in [6.45, 7) is 0. The van der Waals surface area contributed by atoms with Gasteiger partial charge in [0.05, 0.1) is 24.6 Å². The summed E-state index contributed by atoms with van der Waals surface area (Å²) in [7, 11) is 1.62.